The van der Waals surface area contributed by atoms with Crippen molar-refractivity contribution in [2.45, 2.75) is 44.2 Å². The molecule has 3 aliphatic heterocycles. The van der Waals surface area contributed by atoms with Crippen LogP contribution in [-0.4, -0.2) is 57.9 Å². The SMILES string of the molecule is O=C(CC[C@@H]1NC(=O)N(CCc2ccccc2)C1=O)N1C[C@@H]2C[C@H](C1)c1cccc(=O)n1C2. The predicted molar refractivity (Wildman–Crippen MR) is 122 cm³/mol. The van der Waals surface area contributed by atoms with Gasteiger partial charge in [-0.15, -0.1) is 0 Å². The minimum Gasteiger partial charge on any atom is -0.342 e. The Bertz CT molecular complexity index is 1130. The summed E-state index contributed by atoms with van der Waals surface area (Å²) in [5.41, 5.74) is 2.09. The van der Waals surface area contributed by atoms with Crippen LogP contribution in [0.5, 0.6) is 0 Å². The van der Waals surface area contributed by atoms with Gasteiger partial charge in [0.25, 0.3) is 11.5 Å². The molecule has 2 saturated heterocycles. The van der Waals surface area contributed by atoms with Gasteiger partial charge in [-0.1, -0.05) is 36.4 Å². The second-order valence-corrected chi connectivity index (χ2v) is 9.26. The Kier molecular flexibility index (Phi) is 5.74. The smallest absolute Gasteiger partial charge is 0.324 e. The maximum atomic E-state index is 13.0. The van der Waals surface area contributed by atoms with Gasteiger partial charge in [-0.25, -0.2) is 4.79 Å². The van der Waals surface area contributed by atoms with E-state index in [4.69, 9.17) is 0 Å². The Morgan fingerprint density at radius 1 is 0.970 bits per heavy atom. The van der Waals surface area contributed by atoms with Crippen molar-refractivity contribution in [1.29, 1.82) is 0 Å². The van der Waals surface area contributed by atoms with E-state index in [1.807, 2.05) is 45.9 Å². The summed E-state index contributed by atoms with van der Waals surface area (Å²) in [4.78, 5) is 53.3. The van der Waals surface area contributed by atoms with E-state index in [0.29, 0.717) is 39.0 Å². The van der Waals surface area contributed by atoms with Gasteiger partial charge in [0.2, 0.25) is 5.91 Å². The molecule has 1 aromatic heterocycles. The van der Waals surface area contributed by atoms with Crippen LogP contribution < -0.4 is 10.9 Å². The third-order valence-corrected chi connectivity index (χ3v) is 7.05. The molecule has 0 saturated carbocycles. The number of carbonyl (C=O) groups is 3. The summed E-state index contributed by atoms with van der Waals surface area (Å²) in [6.07, 6.45) is 2.10. The van der Waals surface area contributed by atoms with Crippen molar-refractivity contribution in [3.05, 3.63) is 70.1 Å². The summed E-state index contributed by atoms with van der Waals surface area (Å²) in [7, 11) is 0. The largest absolute Gasteiger partial charge is 0.342 e. The van der Waals surface area contributed by atoms with Crippen LogP contribution in [-0.2, 0) is 22.6 Å². The zero-order valence-electron chi connectivity index (χ0n) is 18.5. The van der Waals surface area contributed by atoms with Crippen LogP contribution >= 0.6 is 0 Å². The first-order valence-corrected chi connectivity index (χ1v) is 11.6. The topological polar surface area (TPSA) is 91.7 Å². The van der Waals surface area contributed by atoms with E-state index in [-0.39, 0.29) is 41.7 Å². The van der Waals surface area contributed by atoms with Crippen LogP contribution in [0, 0.1) is 5.92 Å². The summed E-state index contributed by atoms with van der Waals surface area (Å²) >= 11 is 0. The number of nitrogens with zero attached hydrogens (tertiary/aromatic N) is 3. The highest BCUT2D eigenvalue weighted by molar-refractivity contribution is 6.04. The molecule has 1 N–H and O–H groups in total. The number of imide groups is 1. The molecule has 4 heterocycles. The molecule has 0 radical (unpaired) electrons. The first kappa shape index (κ1) is 21.4. The van der Waals surface area contributed by atoms with Gasteiger partial charge in [-0.2, -0.15) is 0 Å². The maximum Gasteiger partial charge on any atom is 0.324 e. The van der Waals surface area contributed by atoms with Crippen molar-refractivity contribution >= 4 is 17.8 Å². The molecule has 0 unspecified atom stereocenters. The van der Waals surface area contributed by atoms with E-state index >= 15 is 0 Å². The third-order valence-electron chi connectivity index (χ3n) is 7.05. The van der Waals surface area contributed by atoms with Crippen molar-refractivity contribution in [2.24, 2.45) is 5.92 Å². The van der Waals surface area contributed by atoms with Crippen LogP contribution in [0.25, 0.3) is 0 Å². The maximum absolute atomic E-state index is 13.0. The number of hydrogen-bond donors (Lipinski definition) is 1. The lowest BCUT2D eigenvalue weighted by atomic mass is 9.83. The highest BCUT2D eigenvalue weighted by Crippen LogP contribution is 2.35. The fourth-order valence-electron chi connectivity index (χ4n) is 5.40. The molecule has 8 nitrogen and oxygen atoms in total. The molecule has 172 valence electrons. The second-order valence-electron chi connectivity index (χ2n) is 9.26. The van der Waals surface area contributed by atoms with Gasteiger partial charge in [0.05, 0.1) is 0 Å². The quantitative estimate of drug-likeness (QED) is 0.682. The molecule has 2 aromatic rings. The normalized spacial score (nSPS) is 23.9. The van der Waals surface area contributed by atoms with Crippen LogP contribution in [0.4, 0.5) is 4.79 Å². The Labute approximate surface area is 192 Å². The molecule has 0 aliphatic carbocycles. The summed E-state index contributed by atoms with van der Waals surface area (Å²) in [5, 5.41) is 2.74. The molecule has 1 aromatic carbocycles. The predicted octanol–water partition coefficient (Wildman–Crippen LogP) is 1.74. The lowest BCUT2D eigenvalue weighted by molar-refractivity contribution is -0.134. The number of amides is 4. The lowest BCUT2D eigenvalue weighted by Gasteiger charge is -2.42. The summed E-state index contributed by atoms with van der Waals surface area (Å²) < 4.78 is 1.84. The van der Waals surface area contributed by atoms with E-state index in [0.717, 1.165) is 17.7 Å². The van der Waals surface area contributed by atoms with Crippen molar-refractivity contribution in [1.82, 2.24) is 19.7 Å². The van der Waals surface area contributed by atoms with Crippen LogP contribution in [0.2, 0.25) is 0 Å². The molecule has 3 aliphatic rings. The number of rotatable bonds is 6. The van der Waals surface area contributed by atoms with E-state index in [1.54, 1.807) is 12.1 Å². The van der Waals surface area contributed by atoms with Gasteiger partial charge in [0, 0.05) is 50.3 Å². The molecule has 5 rings (SSSR count). The van der Waals surface area contributed by atoms with Crippen LogP contribution in [0.3, 0.4) is 0 Å². The minimum absolute atomic E-state index is 0.00112. The van der Waals surface area contributed by atoms with Gasteiger partial charge >= 0.3 is 6.03 Å². The monoisotopic (exact) mass is 448 g/mol. The number of benzene rings is 1. The number of pyridine rings is 1. The molecular weight excluding hydrogens is 420 g/mol. The fourth-order valence-corrected chi connectivity index (χ4v) is 5.40. The van der Waals surface area contributed by atoms with Gasteiger partial charge < -0.3 is 14.8 Å². The molecule has 2 bridgehead atoms. The van der Waals surface area contributed by atoms with E-state index in [2.05, 4.69) is 5.32 Å². The number of urea groups is 1. The molecule has 0 spiro atoms. The fraction of sp³-hybridized carbons (Fsp3) is 0.440. The highest BCUT2D eigenvalue weighted by Gasteiger charge is 2.39. The summed E-state index contributed by atoms with van der Waals surface area (Å²) in [6, 6.07) is 14.0. The molecular formula is C25H28N4O4. The second kappa shape index (κ2) is 8.84. The van der Waals surface area contributed by atoms with Crippen LogP contribution in [0.1, 0.15) is 36.4 Å². The summed E-state index contributed by atoms with van der Waals surface area (Å²) in [5.74, 6) is 0.173. The number of fused-ring (bicyclic) bond motifs is 4. The van der Waals surface area contributed by atoms with Crippen molar-refractivity contribution in [3.63, 3.8) is 0 Å². The van der Waals surface area contributed by atoms with Crippen molar-refractivity contribution in [3.8, 4) is 0 Å². The van der Waals surface area contributed by atoms with E-state index < -0.39 is 6.04 Å². The van der Waals surface area contributed by atoms with E-state index in [9.17, 15) is 19.2 Å². The first-order chi connectivity index (χ1) is 16.0. The van der Waals surface area contributed by atoms with Crippen molar-refractivity contribution < 1.29 is 14.4 Å². The first-order valence-electron chi connectivity index (χ1n) is 11.6. The van der Waals surface area contributed by atoms with Gasteiger partial charge in [0.15, 0.2) is 0 Å². The number of aromatic nitrogens is 1. The standard InChI is InChI=1S/C25H28N4O4/c30-22(27-14-18-13-19(16-27)21-7-4-8-23(31)29(21)15-18)10-9-20-24(32)28(25(33)26-20)12-11-17-5-2-1-3-6-17/h1-8,18-20H,9-16H2,(H,26,33)/t18-,19+,20-/m0/s1. The lowest BCUT2D eigenvalue weighted by Crippen LogP contribution is -2.49. The molecule has 2 fully saturated rings. The molecule has 33 heavy (non-hydrogen) atoms. The average molecular weight is 449 g/mol. The van der Waals surface area contributed by atoms with Crippen LogP contribution in [0.15, 0.2) is 53.3 Å². The number of carbonyl (C=O) groups excluding carboxylic acids is 3. The minimum atomic E-state index is -0.652. The van der Waals surface area contributed by atoms with Gasteiger partial charge in [0.1, 0.15) is 6.04 Å². The Morgan fingerprint density at radius 2 is 1.79 bits per heavy atom. The highest BCUT2D eigenvalue weighted by atomic mass is 16.2. The third kappa shape index (κ3) is 4.29. The Morgan fingerprint density at radius 3 is 2.61 bits per heavy atom. The van der Waals surface area contributed by atoms with Gasteiger partial charge in [-0.3, -0.25) is 19.3 Å². The number of piperidine rings is 1. The number of likely N-dealkylation sites (tertiary alicyclic amines) is 1. The Balaban J connectivity index is 1.16. The van der Waals surface area contributed by atoms with E-state index in [1.165, 1.54) is 4.90 Å². The molecule has 4 amide bonds. The zero-order valence-corrected chi connectivity index (χ0v) is 18.5. The molecule has 8 heteroatoms. The van der Waals surface area contributed by atoms with Crippen molar-refractivity contribution in [2.75, 3.05) is 19.6 Å². The summed E-state index contributed by atoms with van der Waals surface area (Å²) in [6.45, 7) is 2.19. The Hall–Kier alpha value is -3.42. The van der Waals surface area contributed by atoms with Gasteiger partial charge in [-0.05, 0) is 36.8 Å². The average Bonchev–Trinajstić information content (AvgIpc) is 3.09. The zero-order chi connectivity index (χ0) is 22.9. The molecule has 3 atom stereocenters. The number of hydrogen-bond acceptors (Lipinski definition) is 4. The number of nitrogens with one attached hydrogen (secondary N) is 1.